The largest absolute Gasteiger partial charge is 0.423 e. The minimum absolute atomic E-state index is 0.0457. The second kappa shape index (κ2) is 6.10. The standard InChI is InChI=1S/C21H19NO6/c1-27-9-11-7-17(24)28-16-8-12(3-5-13(11)16)22-20(25)18-10-2-4-14(15(23)6-10)19(18)21(22)26/h3,5,7-8,10,14,18-19H,2,4,6,9H2,1H3/t10-,14+,18+,19?/m0/s1. The third kappa shape index (κ3) is 2.32. The molecule has 7 nitrogen and oxygen atoms in total. The molecule has 1 aliphatic heterocycles. The number of anilines is 1. The number of ketones is 1. The van der Waals surface area contributed by atoms with Gasteiger partial charge in [-0.05, 0) is 36.5 Å². The van der Waals surface area contributed by atoms with Crippen LogP contribution in [0.15, 0.2) is 33.5 Å². The molecule has 7 heteroatoms. The van der Waals surface area contributed by atoms with Crippen LogP contribution in [0.5, 0.6) is 0 Å². The summed E-state index contributed by atoms with van der Waals surface area (Å²) in [5, 5.41) is 0.692. The minimum Gasteiger partial charge on any atom is -0.423 e. The van der Waals surface area contributed by atoms with Crippen LogP contribution in [-0.4, -0.2) is 24.7 Å². The van der Waals surface area contributed by atoms with Crippen LogP contribution >= 0.6 is 0 Å². The van der Waals surface area contributed by atoms with E-state index in [4.69, 9.17) is 9.15 Å². The molecule has 1 aromatic carbocycles. The van der Waals surface area contributed by atoms with Crippen molar-refractivity contribution in [1.82, 2.24) is 0 Å². The van der Waals surface area contributed by atoms with E-state index in [1.165, 1.54) is 18.1 Å². The van der Waals surface area contributed by atoms with E-state index in [1.807, 2.05) is 0 Å². The number of amides is 2. The van der Waals surface area contributed by atoms with E-state index in [0.29, 0.717) is 35.1 Å². The minimum atomic E-state index is -0.546. The maximum atomic E-state index is 13.1. The van der Waals surface area contributed by atoms with Gasteiger partial charge in [0.2, 0.25) is 11.8 Å². The van der Waals surface area contributed by atoms with Gasteiger partial charge in [0, 0.05) is 37.0 Å². The van der Waals surface area contributed by atoms with Crippen molar-refractivity contribution in [3.05, 3.63) is 40.2 Å². The molecule has 3 aliphatic carbocycles. The van der Waals surface area contributed by atoms with Gasteiger partial charge >= 0.3 is 5.63 Å². The van der Waals surface area contributed by atoms with E-state index in [1.54, 1.807) is 18.2 Å². The number of fused-ring (bicyclic) bond motifs is 3. The molecule has 3 saturated carbocycles. The Kier molecular flexibility index (Phi) is 3.77. The van der Waals surface area contributed by atoms with Gasteiger partial charge in [-0.2, -0.15) is 0 Å². The fourth-order valence-corrected chi connectivity index (χ4v) is 5.27. The quantitative estimate of drug-likeness (QED) is 0.597. The Morgan fingerprint density at radius 3 is 2.61 bits per heavy atom. The zero-order chi connectivity index (χ0) is 19.6. The van der Waals surface area contributed by atoms with E-state index >= 15 is 0 Å². The summed E-state index contributed by atoms with van der Waals surface area (Å²) in [6.07, 6.45) is 1.90. The van der Waals surface area contributed by atoms with Crippen molar-refractivity contribution in [2.24, 2.45) is 23.7 Å². The molecule has 0 N–H and O–H groups in total. The lowest BCUT2D eigenvalue weighted by atomic mass is 9.59. The molecule has 4 fully saturated rings. The van der Waals surface area contributed by atoms with Crippen LogP contribution in [-0.2, 0) is 25.7 Å². The summed E-state index contributed by atoms with van der Waals surface area (Å²) < 4.78 is 10.4. The van der Waals surface area contributed by atoms with Gasteiger partial charge in [0.1, 0.15) is 11.4 Å². The lowest BCUT2D eigenvalue weighted by Crippen LogP contribution is -2.46. The molecule has 2 aromatic rings. The van der Waals surface area contributed by atoms with E-state index in [0.717, 1.165) is 6.42 Å². The summed E-state index contributed by atoms with van der Waals surface area (Å²) in [4.78, 5) is 51.5. The number of benzene rings is 1. The maximum absolute atomic E-state index is 13.1. The normalized spacial score (nSPS) is 29.0. The Hall–Kier alpha value is -2.80. The first-order valence-electron chi connectivity index (χ1n) is 9.46. The van der Waals surface area contributed by atoms with Gasteiger partial charge in [-0.15, -0.1) is 0 Å². The van der Waals surface area contributed by atoms with Gasteiger partial charge in [-0.1, -0.05) is 0 Å². The van der Waals surface area contributed by atoms with Gasteiger partial charge < -0.3 is 9.15 Å². The molecule has 1 aromatic heterocycles. The average molecular weight is 381 g/mol. The third-order valence-electron chi connectivity index (χ3n) is 6.44. The molecule has 6 rings (SSSR count). The summed E-state index contributed by atoms with van der Waals surface area (Å²) in [6.45, 7) is 0.249. The Morgan fingerprint density at radius 1 is 1.07 bits per heavy atom. The second-order valence-corrected chi connectivity index (χ2v) is 7.88. The molecular formula is C21H19NO6. The molecular weight excluding hydrogens is 362 g/mol. The SMILES string of the molecule is COCc1cc(=O)oc2cc(N3C(=O)C4[C@@H]5CC[C@@H](CC5=O)[C@H]4C3=O)ccc12. The first-order chi connectivity index (χ1) is 13.5. The Balaban J connectivity index is 1.59. The monoisotopic (exact) mass is 381 g/mol. The highest BCUT2D eigenvalue weighted by molar-refractivity contribution is 6.24. The van der Waals surface area contributed by atoms with Crippen molar-refractivity contribution in [3.63, 3.8) is 0 Å². The van der Waals surface area contributed by atoms with E-state index < -0.39 is 17.5 Å². The van der Waals surface area contributed by atoms with Crippen molar-refractivity contribution in [2.45, 2.75) is 25.9 Å². The molecule has 2 amide bonds. The predicted molar refractivity (Wildman–Crippen MR) is 98.5 cm³/mol. The summed E-state index contributed by atoms with van der Waals surface area (Å²) in [6, 6.07) is 6.32. The van der Waals surface area contributed by atoms with Gasteiger partial charge in [-0.25, -0.2) is 9.69 Å². The number of hydrogen-bond donors (Lipinski definition) is 0. The molecule has 144 valence electrons. The number of carbonyl (C=O) groups is 3. The molecule has 1 saturated heterocycles. The highest BCUT2D eigenvalue weighted by Gasteiger charge is 2.60. The fraction of sp³-hybridized carbons (Fsp3) is 0.429. The number of carbonyl (C=O) groups excluding carboxylic acids is 3. The number of ether oxygens (including phenoxy) is 1. The van der Waals surface area contributed by atoms with Crippen molar-refractivity contribution in [3.8, 4) is 0 Å². The van der Waals surface area contributed by atoms with Crippen LogP contribution in [0.1, 0.15) is 24.8 Å². The number of imide groups is 1. The van der Waals surface area contributed by atoms with Gasteiger partial charge in [0.05, 0.1) is 24.1 Å². The number of nitrogens with zero attached hydrogens (tertiary/aromatic N) is 1. The molecule has 1 unspecified atom stereocenters. The highest BCUT2D eigenvalue weighted by atomic mass is 16.5. The van der Waals surface area contributed by atoms with Crippen molar-refractivity contribution >= 4 is 34.3 Å². The second-order valence-electron chi connectivity index (χ2n) is 7.88. The highest BCUT2D eigenvalue weighted by Crippen LogP contribution is 2.52. The molecule has 2 bridgehead atoms. The average Bonchev–Trinajstić information content (AvgIpc) is 2.94. The van der Waals surface area contributed by atoms with Crippen LogP contribution in [0.3, 0.4) is 0 Å². The number of rotatable bonds is 3. The fourth-order valence-electron chi connectivity index (χ4n) is 5.27. The molecule has 4 aliphatic rings. The van der Waals surface area contributed by atoms with Gasteiger partial charge in [-0.3, -0.25) is 14.4 Å². The number of methoxy groups -OCH3 is 1. The van der Waals surface area contributed by atoms with Crippen LogP contribution in [0.2, 0.25) is 0 Å². The van der Waals surface area contributed by atoms with Crippen molar-refractivity contribution in [1.29, 1.82) is 0 Å². The molecule has 28 heavy (non-hydrogen) atoms. The van der Waals surface area contributed by atoms with Crippen molar-refractivity contribution < 1.29 is 23.5 Å². The van der Waals surface area contributed by atoms with E-state index in [2.05, 4.69) is 0 Å². The van der Waals surface area contributed by atoms with Crippen LogP contribution in [0, 0.1) is 23.7 Å². The Bertz CT molecular complexity index is 1090. The third-order valence-corrected chi connectivity index (χ3v) is 6.44. The Morgan fingerprint density at radius 2 is 1.86 bits per heavy atom. The first kappa shape index (κ1) is 17.3. The van der Waals surface area contributed by atoms with Crippen LogP contribution < -0.4 is 10.5 Å². The zero-order valence-corrected chi connectivity index (χ0v) is 15.3. The van der Waals surface area contributed by atoms with Crippen LogP contribution in [0.25, 0.3) is 11.0 Å². The van der Waals surface area contributed by atoms with E-state index in [-0.39, 0.29) is 36.0 Å². The topological polar surface area (TPSA) is 93.9 Å². The van der Waals surface area contributed by atoms with Gasteiger partial charge in [0.25, 0.3) is 0 Å². The summed E-state index contributed by atoms with van der Waals surface area (Å²) in [5.41, 5.74) is 0.831. The molecule has 2 heterocycles. The lowest BCUT2D eigenvalue weighted by Gasteiger charge is -2.41. The summed E-state index contributed by atoms with van der Waals surface area (Å²) in [7, 11) is 1.54. The van der Waals surface area contributed by atoms with Crippen molar-refractivity contribution in [2.75, 3.05) is 12.0 Å². The number of Topliss-reactive ketones (excluding diaryl/α,β-unsaturated/α-hetero) is 1. The van der Waals surface area contributed by atoms with Gasteiger partial charge in [0.15, 0.2) is 0 Å². The zero-order valence-electron chi connectivity index (χ0n) is 15.3. The maximum Gasteiger partial charge on any atom is 0.336 e. The molecule has 0 radical (unpaired) electrons. The molecule has 0 spiro atoms. The Labute approximate surface area is 160 Å². The number of hydrogen-bond acceptors (Lipinski definition) is 6. The van der Waals surface area contributed by atoms with Crippen LogP contribution in [0.4, 0.5) is 5.69 Å². The smallest absolute Gasteiger partial charge is 0.336 e. The lowest BCUT2D eigenvalue weighted by molar-refractivity contribution is -0.143. The van der Waals surface area contributed by atoms with E-state index in [9.17, 15) is 19.2 Å². The predicted octanol–water partition coefficient (Wildman–Crippen LogP) is 2.04. The summed E-state index contributed by atoms with van der Waals surface area (Å²) >= 11 is 0. The first-order valence-corrected chi connectivity index (χ1v) is 9.46. The molecule has 4 atom stereocenters. The summed E-state index contributed by atoms with van der Waals surface area (Å²) in [5.74, 6) is -1.80.